The summed E-state index contributed by atoms with van der Waals surface area (Å²) in [6.45, 7) is 1.78. The molecule has 0 atom stereocenters. The number of benzene rings is 1. The summed E-state index contributed by atoms with van der Waals surface area (Å²) in [5.41, 5.74) is 2.88. The van der Waals surface area contributed by atoms with Crippen molar-refractivity contribution in [1.29, 1.82) is 0 Å². The van der Waals surface area contributed by atoms with Gasteiger partial charge in [0.1, 0.15) is 5.82 Å². The molecule has 4 rings (SSSR count). The Balaban J connectivity index is 1.41. The number of nitrogens with one attached hydrogen (secondary N) is 1. The molecule has 1 saturated carbocycles. The highest BCUT2D eigenvalue weighted by molar-refractivity contribution is 5.79. The number of likely N-dealkylation sites (N-methyl/N-ethyl adjacent to an activating group) is 1. The summed E-state index contributed by atoms with van der Waals surface area (Å²) < 4.78 is 0. The summed E-state index contributed by atoms with van der Waals surface area (Å²) in [4.78, 5) is 38.8. The van der Waals surface area contributed by atoms with Gasteiger partial charge in [-0.15, -0.1) is 0 Å². The Morgan fingerprint density at radius 1 is 1.10 bits per heavy atom. The Kier molecular flexibility index (Phi) is 6.26. The summed E-state index contributed by atoms with van der Waals surface area (Å²) in [6, 6.07) is 14.5. The molecule has 0 radical (unpaired) electrons. The van der Waals surface area contributed by atoms with E-state index in [1.54, 1.807) is 25.4 Å². The molecule has 1 aliphatic carbocycles. The molecule has 1 amide bonds. The average Bonchev–Trinajstić information content (AvgIpc) is 2.82. The highest BCUT2D eigenvalue weighted by Gasteiger charge is 2.28. The Bertz CT molecular complexity index is 1090. The summed E-state index contributed by atoms with van der Waals surface area (Å²) in [7, 11) is 1.86. The lowest BCUT2D eigenvalue weighted by Crippen LogP contribution is -2.40. The first-order valence-corrected chi connectivity index (χ1v) is 10.8. The maximum atomic E-state index is 13.0. The molecule has 2 aromatic heterocycles. The van der Waals surface area contributed by atoms with Gasteiger partial charge in [0.15, 0.2) is 0 Å². The Hall–Kier alpha value is -3.28. The molecule has 31 heavy (non-hydrogen) atoms. The number of carbonyl (C=O) groups excluding carboxylic acids is 1. The van der Waals surface area contributed by atoms with Gasteiger partial charge < -0.3 is 9.88 Å². The van der Waals surface area contributed by atoms with E-state index in [1.165, 1.54) is 5.56 Å². The van der Waals surface area contributed by atoms with Crippen LogP contribution in [0.25, 0.3) is 11.4 Å². The molecule has 6 heteroatoms. The largest absolute Gasteiger partial charge is 0.342 e. The van der Waals surface area contributed by atoms with E-state index in [4.69, 9.17) is 0 Å². The number of amides is 1. The van der Waals surface area contributed by atoms with Crippen molar-refractivity contribution in [3.63, 3.8) is 0 Å². The third kappa shape index (κ3) is 4.74. The third-order valence-electron chi connectivity index (χ3n) is 6.39. The number of aromatic amines is 1. The van der Waals surface area contributed by atoms with Gasteiger partial charge in [-0.25, -0.2) is 4.98 Å². The van der Waals surface area contributed by atoms with E-state index < -0.39 is 0 Å². The number of aromatic nitrogens is 3. The first-order chi connectivity index (χ1) is 15.0. The van der Waals surface area contributed by atoms with Crippen molar-refractivity contribution in [3.8, 4) is 11.4 Å². The molecule has 3 aromatic rings. The Morgan fingerprint density at radius 3 is 2.48 bits per heavy atom. The van der Waals surface area contributed by atoms with Crippen molar-refractivity contribution in [2.24, 2.45) is 0 Å². The van der Waals surface area contributed by atoms with Crippen LogP contribution in [-0.4, -0.2) is 38.8 Å². The van der Waals surface area contributed by atoms with Gasteiger partial charge in [0, 0.05) is 42.3 Å². The number of carbonyl (C=O) groups is 1. The summed E-state index contributed by atoms with van der Waals surface area (Å²) in [5.74, 6) is 1.00. The topological polar surface area (TPSA) is 79.0 Å². The van der Waals surface area contributed by atoms with E-state index in [-0.39, 0.29) is 23.9 Å². The van der Waals surface area contributed by atoms with Crippen LogP contribution in [0.5, 0.6) is 0 Å². The molecule has 0 aliphatic heterocycles. The lowest BCUT2D eigenvalue weighted by molar-refractivity contribution is -0.131. The molecule has 0 saturated heterocycles. The minimum absolute atomic E-state index is 0.0345. The first-order valence-electron chi connectivity index (χ1n) is 10.8. The SMILES string of the molecule is Cc1nc(-c2cccnc2)[nH]c(=O)c1CC(=O)N(C)C1CCC(c2ccccc2)CC1. The lowest BCUT2D eigenvalue weighted by Gasteiger charge is -2.35. The minimum atomic E-state index is -0.263. The fourth-order valence-electron chi connectivity index (χ4n) is 4.46. The molecular weight excluding hydrogens is 388 g/mol. The van der Waals surface area contributed by atoms with E-state index in [0.717, 1.165) is 31.2 Å². The third-order valence-corrected chi connectivity index (χ3v) is 6.39. The van der Waals surface area contributed by atoms with E-state index in [1.807, 2.05) is 24.1 Å². The van der Waals surface area contributed by atoms with Crippen molar-refractivity contribution >= 4 is 5.91 Å². The second kappa shape index (κ2) is 9.25. The average molecular weight is 417 g/mol. The second-order valence-corrected chi connectivity index (χ2v) is 8.32. The predicted octanol–water partition coefficient (Wildman–Crippen LogP) is 3.87. The highest BCUT2D eigenvalue weighted by Crippen LogP contribution is 2.34. The number of H-pyrrole nitrogens is 1. The van der Waals surface area contributed by atoms with Crippen molar-refractivity contribution in [2.45, 2.75) is 51.0 Å². The number of nitrogens with zero attached hydrogens (tertiary/aromatic N) is 3. The zero-order valence-electron chi connectivity index (χ0n) is 18.0. The van der Waals surface area contributed by atoms with Gasteiger partial charge in [0.2, 0.25) is 5.91 Å². The highest BCUT2D eigenvalue weighted by atomic mass is 16.2. The predicted molar refractivity (Wildman–Crippen MR) is 121 cm³/mol. The van der Waals surface area contributed by atoms with Crippen LogP contribution in [-0.2, 0) is 11.2 Å². The maximum Gasteiger partial charge on any atom is 0.255 e. The van der Waals surface area contributed by atoms with Crippen LogP contribution < -0.4 is 5.56 Å². The molecule has 0 unspecified atom stereocenters. The molecular formula is C25H28N4O2. The zero-order valence-corrected chi connectivity index (χ0v) is 18.0. The molecule has 1 aliphatic rings. The maximum absolute atomic E-state index is 13.0. The smallest absolute Gasteiger partial charge is 0.255 e. The van der Waals surface area contributed by atoms with Crippen LogP contribution in [0.15, 0.2) is 59.7 Å². The molecule has 1 fully saturated rings. The van der Waals surface area contributed by atoms with E-state index >= 15 is 0 Å². The quantitative estimate of drug-likeness (QED) is 0.685. The lowest BCUT2D eigenvalue weighted by atomic mass is 9.81. The van der Waals surface area contributed by atoms with Crippen LogP contribution in [0.1, 0.15) is 48.4 Å². The van der Waals surface area contributed by atoms with Crippen LogP contribution in [0.3, 0.4) is 0 Å². The molecule has 1 N–H and O–H groups in total. The van der Waals surface area contributed by atoms with E-state index in [0.29, 0.717) is 23.0 Å². The number of rotatable bonds is 5. The molecule has 0 spiro atoms. The second-order valence-electron chi connectivity index (χ2n) is 8.32. The van der Waals surface area contributed by atoms with Gasteiger partial charge in [-0.05, 0) is 56.2 Å². The standard InChI is InChI=1S/C25H28N4O2/c1-17-22(25(31)28-24(27-17)20-9-6-14-26-16-20)15-23(30)29(2)21-12-10-19(11-13-21)18-7-4-3-5-8-18/h3-9,14,16,19,21H,10-13,15H2,1-2H3,(H,27,28,31). The normalized spacial score (nSPS) is 18.5. The molecule has 0 bridgehead atoms. The van der Waals surface area contributed by atoms with Crippen molar-refractivity contribution < 1.29 is 4.79 Å². The van der Waals surface area contributed by atoms with Gasteiger partial charge in [-0.1, -0.05) is 30.3 Å². The van der Waals surface area contributed by atoms with Crippen LogP contribution in [0, 0.1) is 6.92 Å². The Morgan fingerprint density at radius 2 is 1.84 bits per heavy atom. The van der Waals surface area contributed by atoms with Crippen molar-refractivity contribution in [1.82, 2.24) is 19.9 Å². The number of pyridine rings is 1. The van der Waals surface area contributed by atoms with Crippen LogP contribution in [0.4, 0.5) is 0 Å². The molecule has 1 aromatic carbocycles. The first kappa shape index (κ1) is 21.0. The van der Waals surface area contributed by atoms with Crippen LogP contribution in [0.2, 0.25) is 0 Å². The van der Waals surface area contributed by atoms with Gasteiger partial charge in [-0.3, -0.25) is 14.6 Å². The fraction of sp³-hybridized carbons (Fsp3) is 0.360. The fourth-order valence-corrected chi connectivity index (χ4v) is 4.46. The molecule has 2 heterocycles. The minimum Gasteiger partial charge on any atom is -0.342 e. The number of hydrogen-bond donors (Lipinski definition) is 1. The Labute approximate surface area is 182 Å². The molecule has 6 nitrogen and oxygen atoms in total. The van der Waals surface area contributed by atoms with Gasteiger partial charge in [-0.2, -0.15) is 0 Å². The van der Waals surface area contributed by atoms with Crippen LogP contribution >= 0.6 is 0 Å². The van der Waals surface area contributed by atoms with Gasteiger partial charge in [0.05, 0.1) is 6.42 Å². The van der Waals surface area contributed by atoms with Crippen molar-refractivity contribution in [3.05, 3.63) is 82.0 Å². The zero-order chi connectivity index (χ0) is 21.8. The van der Waals surface area contributed by atoms with E-state index in [2.05, 4.69) is 39.2 Å². The molecule has 160 valence electrons. The van der Waals surface area contributed by atoms with Gasteiger partial charge >= 0.3 is 0 Å². The summed E-state index contributed by atoms with van der Waals surface area (Å²) in [6.07, 6.45) is 7.51. The van der Waals surface area contributed by atoms with Crippen molar-refractivity contribution in [2.75, 3.05) is 7.05 Å². The monoisotopic (exact) mass is 416 g/mol. The van der Waals surface area contributed by atoms with Gasteiger partial charge in [0.25, 0.3) is 5.56 Å². The number of aryl methyl sites for hydroxylation is 1. The summed E-state index contributed by atoms with van der Waals surface area (Å²) in [5, 5.41) is 0. The number of hydrogen-bond acceptors (Lipinski definition) is 4. The summed E-state index contributed by atoms with van der Waals surface area (Å²) >= 11 is 0. The van der Waals surface area contributed by atoms with E-state index in [9.17, 15) is 9.59 Å².